The Morgan fingerprint density at radius 1 is 1.60 bits per heavy atom. The van der Waals surface area contributed by atoms with E-state index in [4.69, 9.17) is 9.84 Å². The summed E-state index contributed by atoms with van der Waals surface area (Å²) in [6, 6.07) is 5.78. The van der Waals surface area contributed by atoms with Gasteiger partial charge in [0.25, 0.3) is 0 Å². The monoisotopic (exact) mass is 212 g/mol. The van der Waals surface area contributed by atoms with Crippen molar-refractivity contribution in [1.29, 1.82) is 0 Å². The molecule has 0 spiro atoms. The number of benzene rings is 1. The first kappa shape index (κ1) is 11.5. The number of rotatable bonds is 5. The molecule has 0 radical (unpaired) electrons. The van der Waals surface area contributed by atoms with E-state index in [1.165, 1.54) is 12.1 Å². The molecule has 0 aliphatic heterocycles. The summed E-state index contributed by atoms with van der Waals surface area (Å²) >= 11 is 0. The molecule has 1 atom stereocenters. The molecule has 0 saturated carbocycles. The molecule has 0 bridgehead atoms. The topological polar surface area (TPSA) is 46.5 Å². The van der Waals surface area contributed by atoms with Gasteiger partial charge in [0.1, 0.15) is 11.6 Å². The van der Waals surface area contributed by atoms with Crippen LogP contribution in [0.2, 0.25) is 0 Å². The first-order chi connectivity index (χ1) is 7.08. The van der Waals surface area contributed by atoms with Gasteiger partial charge in [-0.25, -0.2) is 4.39 Å². The van der Waals surface area contributed by atoms with E-state index in [1.54, 1.807) is 19.1 Å². The third kappa shape index (κ3) is 4.44. The van der Waals surface area contributed by atoms with Crippen LogP contribution in [0.1, 0.15) is 13.3 Å². The van der Waals surface area contributed by atoms with E-state index in [-0.39, 0.29) is 24.8 Å². The molecule has 1 unspecified atom stereocenters. The lowest BCUT2D eigenvalue weighted by Crippen LogP contribution is -2.12. The van der Waals surface area contributed by atoms with Crippen molar-refractivity contribution in [2.24, 2.45) is 5.92 Å². The maximum Gasteiger partial charge on any atom is 0.303 e. The van der Waals surface area contributed by atoms with Gasteiger partial charge in [0, 0.05) is 12.0 Å². The maximum absolute atomic E-state index is 12.7. The molecule has 0 aliphatic rings. The zero-order valence-electron chi connectivity index (χ0n) is 8.44. The van der Waals surface area contributed by atoms with Gasteiger partial charge in [-0.15, -0.1) is 0 Å². The van der Waals surface area contributed by atoms with Crippen LogP contribution in [-0.2, 0) is 4.79 Å². The van der Waals surface area contributed by atoms with Crippen molar-refractivity contribution in [3.05, 3.63) is 30.1 Å². The van der Waals surface area contributed by atoms with Gasteiger partial charge in [0.15, 0.2) is 0 Å². The Morgan fingerprint density at radius 2 is 2.33 bits per heavy atom. The highest BCUT2D eigenvalue weighted by atomic mass is 19.1. The lowest BCUT2D eigenvalue weighted by molar-refractivity contribution is -0.138. The zero-order chi connectivity index (χ0) is 11.3. The molecule has 1 aromatic carbocycles. The fraction of sp³-hybridized carbons (Fsp3) is 0.364. The number of carbonyl (C=O) groups is 1. The Balaban J connectivity index is 2.40. The van der Waals surface area contributed by atoms with Gasteiger partial charge in [-0.2, -0.15) is 0 Å². The van der Waals surface area contributed by atoms with Crippen molar-refractivity contribution >= 4 is 5.97 Å². The van der Waals surface area contributed by atoms with Crippen molar-refractivity contribution in [3.8, 4) is 5.75 Å². The summed E-state index contributed by atoms with van der Waals surface area (Å²) in [5.74, 6) is -0.887. The minimum atomic E-state index is -0.856. The van der Waals surface area contributed by atoms with Crippen LogP contribution in [0.3, 0.4) is 0 Å². The number of halogens is 1. The largest absolute Gasteiger partial charge is 0.493 e. The predicted molar refractivity (Wildman–Crippen MR) is 53.3 cm³/mol. The van der Waals surface area contributed by atoms with Crippen LogP contribution in [0.4, 0.5) is 4.39 Å². The molecule has 3 nitrogen and oxygen atoms in total. The fourth-order valence-electron chi connectivity index (χ4n) is 1.15. The van der Waals surface area contributed by atoms with Crippen LogP contribution in [0.15, 0.2) is 24.3 Å². The Bertz CT molecular complexity index is 338. The molecule has 15 heavy (non-hydrogen) atoms. The molecule has 1 N–H and O–H groups in total. The molecule has 0 aromatic heterocycles. The van der Waals surface area contributed by atoms with Crippen LogP contribution < -0.4 is 4.74 Å². The summed E-state index contributed by atoms with van der Waals surface area (Å²) in [5.41, 5.74) is 0. The Hall–Kier alpha value is -1.58. The van der Waals surface area contributed by atoms with E-state index < -0.39 is 5.97 Å². The van der Waals surface area contributed by atoms with E-state index in [0.29, 0.717) is 5.75 Å². The minimum Gasteiger partial charge on any atom is -0.493 e. The first-order valence-electron chi connectivity index (χ1n) is 4.68. The highest BCUT2D eigenvalue weighted by Crippen LogP contribution is 2.13. The third-order valence-electron chi connectivity index (χ3n) is 1.85. The van der Waals surface area contributed by atoms with Crippen LogP contribution in [0.25, 0.3) is 0 Å². The highest BCUT2D eigenvalue weighted by Gasteiger charge is 2.08. The van der Waals surface area contributed by atoms with Gasteiger partial charge in [-0.1, -0.05) is 13.0 Å². The van der Waals surface area contributed by atoms with E-state index >= 15 is 0 Å². The smallest absolute Gasteiger partial charge is 0.303 e. The van der Waals surface area contributed by atoms with Crippen LogP contribution in [0, 0.1) is 11.7 Å². The summed E-state index contributed by atoms with van der Waals surface area (Å²) in [6.45, 7) is 2.04. The van der Waals surface area contributed by atoms with Gasteiger partial charge in [-0.05, 0) is 12.1 Å². The zero-order valence-corrected chi connectivity index (χ0v) is 8.44. The standard InChI is InChI=1S/C11H13FO3/c1-8(5-11(13)14)7-15-10-4-2-3-9(12)6-10/h2-4,6,8H,5,7H2,1H3,(H,13,14). The molecule has 0 fully saturated rings. The lowest BCUT2D eigenvalue weighted by Gasteiger charge is -2.10. The molecular formula is C11H13FO3. The number of ether oxygens (including phenoxy) is 1. The summed E-state index contributed by atoms with van der Waals surface area (Å²) in [4.78, 5) is 10.4. The Morgan fingerprint density at radius 3 is 2.93 bits per heavy atom. The normalized spacial score (nSPS) is 12.1. The third-order valence-corrected chi connectivity index (χ3v) is 1.85. The lowest BCUT2D eigenvalue weighted by atomic mass is 10.1. The fourth-order valence-corrected chi connectivity index (χ4v) is 1.15. The molecule has 0 amide bonds. The second kappa shape index (κ2) is 5.34. The van der Waals surface area contributed by atoms with Crippen LogP contribution in [-0.4, -0.2) is 17.7 Å². The van der Waals surface area contributed by atoms with Gasteiger partial charge < -0.3 is 9.84 Å². The number of aliphatic carboxylic acids is 1. The summed E-state index contributed by atoms with van der Waals surface area (Å²) in [5, 5.41) is 8.51. The maximum atomic E-state index is 12.7. The molecule has 1 rings (SSSR count). The van der Waals surface area contributed by atoms with E-state index in [9.17, 15) is 9.18 Å². The van der Waals surface area contributed by atoms with Crippen LogP contribution in [0.5, 0.6) is 5.75 Å². The van der Waals surface area contributed by atoms with Crippen molar-refractivity contribution in [1.82, 2.24) is 0 Å². The number of hydrogen-bond acceptors (Lipinski definition) is 2. The predicted octanol–water partition coefficient (Wildman–Crippen LogP) is 2.32. The molecule has 0 saturated heterocycles. The molecule has 1 aromatic rings. The number of carboxylic acids is 1. The summed E-state index contributed by atoms with van der Waals surface area (Å²) in [7, 11) is 0. The second-order valence-electron chi connectivity index (χ2n) is 3.47. The number of hydrogen-bond donors (Lipinski definition) is 1. The molecular weight excluding hydrogens is 199 g/mol. The molecule has 0 heterocycles. The average molecular weight is 212 g/mol. The highest BCUT2D eigenvalue weighted by molar-refractivity contribution is 5.66. The Labute approximate surface area is 87.5 Å². The van der Waals surface area contributed by atoms with Crippen molar-refractivity contribution in [3.63, 3.8) is 0 Å². The summed E-state index contributed by atoms with van der Waals surface area (Å²) < 4.78 is 18.0. The quantitative estimate of drug-likeness (QED) is 0.814. The number of carboxylic acid groups (broad SMARTS) is 1. The first-order valence-corrected chi connectivity index (χ1v) is 4.68. The molecule has 0 aliphatic carbocycles. The van der Waals surface area contributed by atoms with Crippen LogP contribution >= 0.6 is 0 Å². The Kier molecular flexibility index (Phi) is 4.09. The van der Waals surface area contributed by atoms with E-state index in [2.05, 4.69) is 0 Å². The SMILES string of the molecule is CC(COc1cccc(F)c1)CC(=O)O. The van der Waals surface area contributed by atoms with Crippen molar-refractivity contribution in [2.75, 3.05) is 6.61 Å². The average Bonchev–Trinajstić information content (AvgIpc) is 2.14. The summed E-state index contributed by atoms with van der Waals surface area (Å²) in [6.07, 6.45) is 0.0509. The van der Waals surface area contributed by atoms with Crippen molar-refractivity contribution in [2.45, 2.75) is 13.3 Å². The van der Waals surface area contributed by atoms with Gasteiger partial charge in [0.2, 0.25) is 0 Å². The van der Waals surface area contributed by atoms with Crippen molar-refractivity contribution < 1.29 is 19.0 Å². The van der Waals surface area contributed by atoms with E-state index in [1.807, 2.05) is 0 Å². The van der Waals surface area contributed by atoms with Gasteiger partial charge in [-0.3, -0.25) is 4.79 Å². The molecule has 82 valence electrons. The van der Waals surface area contributed by atoms with E-state index in [0.717, 1.165) is 0 Å². The minimum absolute atomic E-state index is 0.0509. The van der Waals surface area contributed by atoms with Gasteiger partial charge >= 0.3 is 5.97 Å². The molecule has 4 heteroatoms. The second-order valence-corrected chi connectivity index (χ2v) is 3.47. The van der Waals surface area contributed by atoms with Gasteiger partial charge in [0.05, 0.1) is 13.0 Å².